The molecule has 0 aliphatic rings. The average molecular weight is 424 g/mol. The lowest BCUT2D eigenvalue weighted by atomic mass is 9.83. The minimum absolute atomic E-state index is 0.110. The topological polar surface area (TPSA) is 52.6 Å². The van der Waals surface area contributed by atoms with E-state index in [1.807, 2.05) is 0 Å². The molecule has 0 saturated carbocycles. The third-order valence-electron chi connectivity index (χ3n) is 5.20. The molecule has 0 saturated heterocycles. The number of carbonyl (C=O) groups excluding carboxylic acids is 1. The predicted molar refractivity (Wildman–Crippen MR) is 122 cm³/mol. The highest BCUT2D eigenvalue weighted by Gasteiger charge is 2.31. The molecular weight excluding hydrogens is 383 g/mol. The van der Waals surface area contributed by atoms with E-state index < -0.39 is 7.80 Å². The lowest BCUT2D eigenvalue weighted by molar-refractivity contribution is 0.107. The molecule has 0 spiro atoms. The van der Waals surface area contributed by atoms with E-state index in [2.05, 4.69) is 34.6 Å². The molecule has 0 aliphatic heterocycles. The molecule has 0 amide bonds. The summed E-state index contributed by atoms with van der Waals surface area (Å²) in [5, 5.41) is 0. The van der Waals surface area contributed by atoms with Crippen LogP contribution in [-0.4, -0.2) is 25.4 Å². The Balaban J connectivity index is 3.07. The van der Waals surface area contributed by atoms with E-state index in [-0.39, 0.29) is 16.6 Å². The van der Waals surface area contributed by atoms with E-state index in [0.29, 0.717) is 23.0 Å². The predicted octanol–water partition coefficient (Wildman–Crippen LogP) is 7.47. The summed E-state index contributed by atoms with van der Waals surface area (Å²) < 4.78 is 24.2. The third kappa shape index (κ3) is 8.46. The molecular formula is C24H40O4P. The Hall–Kier alpha value is -1.41. The fourth-order valence-electron chi connectivity index (χ4n) is 4.07. The van der Waals surface area contributed by atoms with Gasteiger partial charge in [0, 0.05) is 5.66 Å². The molecule has 4 nitrogen and oxygen atoms in total. The normalized spacial score (nSPS) is 14.2. The highest BCUT2D eigenvalue weighted by Crippen LogP contribution is 2.44. The lowest BCUT2D eigenvalue weighted by Gasteiger charge is -2.26. The van der Waals surface area contributed by atoms with Gasteiger partial charge in [-0.1, -0.05) is 66.4 Å². The van der Waals surface area contributed by atoms with Crippen LogP contribution in [0.25, 0.3) is 0 Å². The van der Waals surface area contributed by atoms with Gasteiger partial charge in [0.1, 0.15) is 24.9 Å². The number of benzene rings is 1. The highest BCUT2D eigenvalue weighted by molar-refractivity contribution is 7.65. The van der Waals surface area contributed by atoms with Gasteiger partial charge < -0.3 is 9.47 Å². The van der Waals surface area contributed by atoms with Gasteiger partial charge in [-0.05, 0) is 42.7 Å². The molecule has 3 atom stereocenters. The molecule has 1 aromatic rings. The van der Waals surface area contributed by atoms with E-state index in [4.69, 9.17) is 9.47 Å². The Morgan fingerprint density at radius 1 is 1.07 bits per heavy atom. The number of unbranched alkanes of at least 4 members (excludes halogenated alkanes) is 3. The summed E-state index contributed by atoms with van der Waals surface area (Å²) in [7, 11) is 0.971. The van der Waals surface area contributed by atoms with Crippen LogP contribution in [0.5, 0.6) is 11.5 Å². The average Bonchev–Trinajstić information content (AvgIpc) is 2.66. The molecule has 0 heterocycles. The maximum atomic E-state index is 13.4. The van der Waals surface area contributed by atoms with Crippen molar-refractivity contribution in [1.82, 2.24) is 0 Å². The number of hydrogen-bond donors (Lipinski definition) is 0. The van der Waals surface area contributed by atoms with Crippen LogP contribution >= 0.6 is 7.80 Å². The van der Waals surface area contributed by atoms with E-state index in [9.17, 15) is 9.36 Å². The Morgan fingerprint density at radius 3 is 2.14 bits per heavy atom. The van der Waals surface area contributed by atoms with E-state index >= 15 is 0 Å². The van der Waals surface area contributed by atoms with Gasteiger partial charge in [-0.3, -0.25) is 9.36 Å². The zero-order chi connectivity index (χ0) is 22.0. The number of methoxy groups -OCH3 is 2. The number of carbonyl (C=O) groups is 1. The molecule has 1 radical (unpaired) electrons. The molecule has 0 aromatic heterocycles. The smallest absolute Gasteiger partial charge is 0.249 e. The number of hydrogen-bond acceptors (Lipinski definition) is 4. The Morgan fingerprint density at radius 2 is 1.66 bits per heavy atom. The van der Waals surface area contributed by atoms with Crippen molar-refractivity contribution in [1.29, 1.82) is 0 Å². The van der Waals surface area contributed by atoms with Gasteiger partial charge in [-0.25, -0.2) is 0 Å². The fraction of sp³-hybridized carbons (Fsp3) is 0.708. The number of ether oxygens (including phenoxy) is 2. The first-order valence-corrected chi connectivity index (χ1v) is 12.2. The molecule has 0 fully saturated rings. The van der Waals surface area contributed by atoms with Gasteiger partial charge in [-0.2, -0.15) is 0 Å². The molecule has 3 unspecified atom stereocenters. The first kappa shape index (κ1) is 25.6. The van der Waals surface area contributed by atoms with Crippen LogP contribution in [0, 0.1) is 11.3 Å². The van der Waals surface area contributed by atoms with Crippen LogP contribution in [0.15, 0.2) is 18.2 Å². The summed E-state index contributed by atoms with van der Waals surface area (Å²) in [6, 6.07) is 5.21. The summed E-state index contributed by atoms with van der Waals surface area (Å²) in [4.78, 5) is 13.3. The molecule has 0 aliphatic carbocycles. The summed E-state index contributed by atoms with van der Waals surface area (Å²) in [6.45, 7) is 11.1. The Kier molecular flexibility index (Phi) is 10.9. The van der Waals surface area contributed by atoms with Crippen molar-refractivity contribution >= 4 is 13.3 Å². The second kappa shape index (κ2) is 12.3. The molecule has 5 heteroatoms. The minimum atomic E-state index is -2.07. The van der Waals surface area contributed by atoms with Crippen molar-refractivity contribution in [3.8, 4) is 11.5 Å². The molecule has 165 valence electrons. The molecule has 1 rings (SSSR count). The largest absolute Gasteiger partial charge is 0.496 e. The van der Waals surface area contributed by atoms with Crippen molar-refractivity contribution in [2.24, 2.45) is 11.3 Å². The van der Waals surface area contributed by atoms with Gasteiger partial charge in [0.25, 0.3) is 0 Å². The van der Waals surface area contributed by atoms with Crippen molar-refractivity contribution < 1.29 is 18.8 Å². The minimum Gasteiger partial charge on any atom is -0.496 e. The first-order valence-electron chi connectivity index (χ1n) is 10.9. The lowest BCUT2D eigenvalue weighted by Crippen LogP contribution is -2.17. The fourth-order valence-corrected chi connectivity index (χ4v) is 5.81. The summed E-state index contributed by atoms with van der Waals surface area (Å²) in [5.74, 6) is 1.26. The molecule has 0 N–H and O–H groups in total. The summed E-state index contributed by atoms with van der Waals surface area (Å²) in [6.07, 6.45) is 7.15. The summed E-state index contributed by atoms with van der Waals surface area (Å²) in [5.41, 5.74) is 0.0629. The van der Waals surface area contributed by atoms with Crippen molar-refractivity contribution in [3.05, 3.63) is 23.8 Å². The zero-order valence-electron chi connectivity index (χ0n) is 19.4. The van der Waals surface area contributed by atoms with Gasteiger partial charge in [0.2, 0.25) is 5.52 Å². The van der Waals surface area contributed by atoms with Gasteiger partial charge in [0.15, 0.2) is 0 Å². The van der Waals surface area contributed by atoms with Crippen molar-refractivity contribution in [3.63, 3.8) is 0 Å². The second-order valence-corrected chi connectivity index (χ2v) is 11.1. The Labute approximate surface area is 178 Å². The van der Waals surface area contributed by atoms with E-state index in [1.165, 1.54) is 20.6 Å². The van der Waals surface area contributed by atoms with Crippen molar-refractivity contribution in [2.75, 3.05) is 14.2 Å². The number of rotatable bonds is 13. The first-order chi connectivity index (χ1) is 13.6. The van der Waals surface area contributed by atoms with Crippen molar-refractivity contribution in [2.45, 2.75) is 85.2 Å². The molecule has 0 bridgehead atoms. The van der Waals surface area contributed by atoms with Crippen LogP contribution in [0.3, 0.4) is 0 Å². The van der Waals surface area contributed by atoms with Crippen LogP contribution in [0.4, 0.5) is 0 Å². The van der Waals surface area contributed by atoms with Crippen LogP contribution in [-0.2, 0) is 4.57 Å². The maximum Gasteiger partial charge on any atom is 0.249 e. The van der Waals surface area contributed by atoms with Gasteiger partial charge in [-0.15, -0.1) is 0 Å². The monoisotopic (exact) mass is 423 g/mol. The van der Waals surface area contributed by atoms with Gasteiger partial charge in [0.05, 0.1) is 14.2 Å². The Bertz CT molecular complexity index is 641. The SMILES string of the molecule is CCCCCCC(CC(C)CC(C)(C)C)[P](=O)C(=O)c1c(OC)cccc1OC. The van der Waals surface area contributed by atoms with E-state index in [0.717, 1.165) is 38.5 Å². The molecule has 29 heavy (non-hydrogen) atoms. The van der Waals surface area contributed by atoms with Gasteiger partial charge >= 0.3 is 0 Å². The second-order valence-electron chi connectivity index (χ2n) is 9.28. The van der Waals surface area contributed by atoms with Crippen LogP contribution in [0.1, 0.15) is 89.9 Å². The molecule has 1 aromatic carbocycles. The quantitative estimate of drug-likeness (QED) is 0.244. The van der Waals surface area contributed by atoms with E-state index in [1.54, 1.807) is 18.2 Å². The van der Waals surface area contributed by atoms with Crippen LogP contribution < -0.4 is 9.47 Å². The summed E-state index contributed by atoms with van der Waals surface area (Å²) >= 11 is 0. The van der Waals surface area contributed by atoms with Crippen LogP contribution in [0.2, 0.25) is 0 Å². The standard InChI is InChI=1S/C24H40O4P/c1-8-9-10-11-13-19(16-18(2)17-24(3,4)5)29(26)23(25)22-20(27-6)14-12-15-21(22)28-7/h12,14-15,18-19H,8-11,13,16-17H2,1-7H3. The maximum absolute atomic E-state index is 13.4. The third-order valence-corrected chi connectivity index (χ3v) is 6.96. The highest BCUT2D eigenvalue weighted by atomic mass is 31.1. The zero-order valence-corrected chi connectivity index (χ0v) is 20.3.